The Hall–Kier alpha value is -2.01. The standard InChI is InChI=1S/C22H37N3O7/c1-2-3-4-5-6-7-8-9-10-11-12-31-21(29)15-13-25(22(30)24-19(15)23)20-18(28)17(27)16(14-26)32-20/h13,16-18,20,26-28H,2-12,14H2,1H3,(H2,23,24,30)/t16-,17-,18+,20-/m1/s1. The molecule has 0 aromatic carbocycles. The Morgan fingerprint density at radius 1 is 1.09 bits per heavy atom. The minimum absolute atomic E-state index is 0.130. The molecule has 0 bridgehead atoms. The third-order valence-corrected chi connectivity index (χ3v) is 5.72. The second-order valence-corrected chi connectivity index (χ2v) is 8.28. The maximum atomic E-state index is 12.4. The van der Waals surface area contributed by atoms with E-state index in [0.29, 0.717) is 0 Å². The molecule has 2 heterocycles. The van der Waals surface area contributed by atoms with E-state index in [1.165, 1.54) is 44.9 Å². The van der Waals surface area contributed by atoms with Gasteiger partial charge in [-0.1, -0.05) is 64.7 Å². The smallest absolute Gasteiger partial charge is 0.351 e. The van der Waals surface area contributed by atoms with E-state index in [1.54, 1.807) is 0 Å². The van der Waals surface area contributed by atoms with Gasteiger partial charge in [-0.2, -0.15) is 4.98 Å². The maximum Gasteiger partial charge on any atom is 0.351 e. The summed E-state index contributed by atoms with van der Waals surface area (Å²) in [5.74, 6) is -1.02. The van der Waals surface area contributed by atoms with Gasteiger partial charge in [0.1, 0.15) is 29.7 Å². The number of esters is 1. The molecule has 1 fully saturated rings. The van der Waals surface area contributed by atoms with Crippen LogP contribution in [0.25, 0.3) is 0 Å². The molecule has 1 aliphatic heterocycles. The molecule has 1 saturated heterocycles. The summed E-state index contributed by atoms with van der Waals surface area (Å²) in [5, 5.41) is 29.2. The summed E-state index contributed by atoms with van der Waals surface area (Å²) in [6.07, 6.45) is 7.48. The molecular formula is C22H37N3O7. The number of carbonyl (C=O) groups is 1. The van der Waals surface area contributed by atoms with Gasteiger partial charge in [0.25, 0.3) is 0 Å². The van der Waals surface area contributed by atoms with E-state index in [0.717, 1.165) is 30.0 Å². The highest BCUT2D eigenvalue weighted by atomic mass is 16.6. The fraction of sp³-hybridized carbons (Fsp3) is 0.773. The van der Waals surface area contributed by atoms with E-state index in [4.69, 9.17) is 15.2 Å². The molecule has 4 atom stereocenters. The number of anilines is 1. The van der Waals surface area contributed by atoms with Crippen molar-refractivity contribution in [3.8, 4) is 0 Å². The highest BCUT2D eigenvalue weighted by molar-refractivity contribution is 5.93. The summed E-state index contributed by atoms with van der Waals surface area (Å²) < 4.78 is 11.5. The van der Waals surface area contributed by atoms with Gasteiger partial charge in [-0.3, -0.25) is 4.57 Å². The molecule has 1 aromatic rings. The number of nitrogens with zero attached hydrogens (tertiary/aromatic N) is 2. The zero-order valence-corrected chi connectivity index (χ0v) is 18.8. The average Bonchev–Trinajstić information content (AvgIpc) is 3.05. The maximum absolute atomic E-state index is 12.4. The molecule has 0 amide bonds. The molecule has 0 radical (unpaired) electrons. The summed E-state index contributed by atoms with van der Waals surface area (Å²) in [6.45, 7) is 1.89. The van der Waals surface area contributed by atoms with Gasteiger partial charge < -0.3 is 30.5 Å². The average molecular weight is 456 g/mol. The number of unbranched alkanes of at least 4 members (excludes halogenated alkanes) is 9. The molecule has 182 valence electrons. The molecule has 10 nitrogen and oxygen atoms in total. The number of nitrogens with two attached hydrogens (primary N) is 1. The minimum atomic E-state index is -1.48. The molecule has 0 unspecified atom stereocenters. The fourth-order valence-corrected chi connectivity index (χ4v) is 3.76. The SMILES string of the molecule is CCCCCCCCCCCCOC(=O)c1cn([C@@H]2O[C@H](CO)[C@@H](O)[C@@H]2O)c(=O)nc1N. The minimum Gasteiger partial charge on any atom is -0.462 e. The van der Waals surface area contributed by atoms with Crippen molar-refractivity contribution in [1.82, 2.24) is 9.55 Å². The van der Waals surface area contributed by atoms with Crippen LogP contribution in [0.3, 0.4) is 0 Å². The first-order chi connectivity index (χ1) is 15.4. The van der Waals surface area contributed by atoms with Crippen LogP contribution >= 0.6 is 0 Å². The Balaban J connectivity index is 1.80. The number of nitrogen functional groups attached to an aromatic ring is 1. The molecule has 1 aliphatic rings. The Morgan fingerprint density at radius 2 is 1.69 bits per heavy atom. The number of hydrogen-bond acceptors (Lipinski definition) is 9. The zero-order valence-electron chi connectivity index (χ0n) is 18.8. The number of ether oxygens (including phenoxy) is 2. The first-order valence-corrected chi connectivity index (χ1v) is 11.6. The summed E-state index contributed by atoms with van der Waals surface area (Å²) >= 11 is 0. The number of hydrogen-bond donors (Lipinski definition) is 4. The van der Waals surface area contributed by atoms with E-state index >= 15 is 0 Å². The molecule has 32 heavy (non-hydrogen) atoms. The molecular weight excluding hydrogens is 418 g/mol. The molecule has 0 saturated carbocycles. The predicted molar refractivity (Wildman–Crippen MR) is 118 cm³/mol. The predicted octanol–water partition coefficient (Wildman–Crippen LogP) is 1.51. The Labute approximate surface area is 188 Å². The van der Waals surface area contributed by atoms with Gasteiger partial charge in [-0.15, -0.1) is 0 Å². The second-order valence-electron chi connectivity index (χ2n) is 8.28. The Morgan fingerprint density at radius 3 is 2.25 bits per heavy atom. The monoisotopic (exact) mass is 455 g/mol. The second kappa shape index (κ2) is 13.5. The first-order valence-electron chi connectivity index (χ1n) is 11.6. The van der Waals surface area contributed by atoms with Crippen molar-refractivity contribution in [2.24, 2.45) is 0 Å². The fourth-order valence-electron chi connectivity index (χ4n) is 3.76. The molecule has 2 rings (SSSR count). The van der Waals surface area contributed by atoms with Crippen LogP contribution in [0.5, 0.6) is 0 Å². The molecule has 5 N–H and O–H groups in total. The molecule has 10 heteroatoms. The zero-order chi connectivity index (χ0) is 23.5. The van der Waals surface area contributed by atoms with Gasteiger partial charge in [-0.05, 0) is 6.42 Å². The van der Waals surface area contributed by atoms with Crippen molar-refractivity contribution in [2.75, 3.05) is 18.9 Å². The summed E-state index contributed by atoms with van der Waals surface area (Å²) in [6, 6.07) is 0. The molecule has 0 spiro atoms. The lowest BCUT2D eigenvalue weighted by Crippen LogP contribution is -2.36. The quantitative estimate of drug-likeness (QED) is 0.241. The normalized spacial score (nSPS) is 22.9. The Bertz CT molecular complexity index is 770. The van der Waals surface area contributed by atoms with Gasteiger partial charge in [0, 0.05) is 6.20 Å². The van der Waals surface area contributed by atoms with Crippen LogP contribution in [0.15, 0.2) is 11.0 Å². The van der Waals surface area contributed by atoms with Crippen molar-refractivity contribution >= 4 is 11.8 Å². The highest BCUT2D eigenvalue weighted by Gasteiger charge is 2.44. The van der Waals surface area contributed by atoms with Crippen molar-refractivity contribution in [1.29, 1.82) is 0 Å². The van der Waals surface area contributed by atoms with Gasteiger partial charge in [0.15, 0.2) is 6.23 Å². The van der Waals surface area contributed by atoms with Gasteiger partial charge >= 0.3 is 11.7 Å². The van der Waals surface area contributed by atoms with Crippen LogP contribution < -0.4 is 11.4 Å². The number of carbonyl (C=O) groups excluding carboxylic acids is 1. The van der Waals surface area contributed by atoms with E-state index in [-0.39, 0.29) is 18.0 Å². The first kappa shape index (κ1) is 26.2. The van der Waals surface area contributed by atoms with Crippen LogP contribution in [0.2, 0.25) is 0 Å². The molecule has 0 aliphatic carbocycles. The summed E-state index contributed by atoms with van der Waals surface area (Å²) in [5.41, 5.74) is 4.73. The lowest BCUT2D eigenvalue weighted by Gasteiger charge is -2.18. The highest BCUT2D eigenvalue weighted by Crippen LogP contribution is 2.28. The van der Waals surface area contributed by atoms with E-state index in [1.807, 2.05) is 0 Å². The van der Waals surface area contributed by atoms with Gasteiger partial charge in [-0.25, -0.2) is 9.59 Å². The van der Waals surface area contributed by atoms with Crippen LogP contribution in [0.4, 0.5) is 5.82 Å². The summed E-state index contributed by atoms with van der Waals surface area (Å²) in [7, 11) is 0. The van der Waals surface area contributed by atoms with Crippen LogP contribution in [-0.4, -0.2) is 62.4 Å². The largest absolute Gasteiger partial charge is 0.462 e. The van der Waals surface area contributed by atoms with E-state index < -0.39 is 42.8 Å². The van der Waals surface area contributed by atoms with E-state index in [2.05, 4.69) is 11.9 Å². The van der Waals surface area contributed by atoms with Crippen LogP contribution in [0, 0.1) is 0 Å². The van der Waals surface area contributed by atoms with E-state index in [9.17, 15) is 24.9 Å². The third kappa shape index (κ3) is 7.26. The number of aliphatic hydroxyl groups excluding tert-OH is 3. The van der Waals surface area contributed by atoms with Gasteiger partial charge in [0.2, 0.25) is 0 Å². The van der Waals surface area contributed by atoms with Crippen molar-refractivity contribution in [3.63, 3.8) is 0 Å². The van der Waals surface area contributed by atoms with Crippen molar-refractivity contribution < 1.29 is 29.6 Å². The third-order valence-electron chi connectivity index (χ3n) is 5.72. The van der Waals surface area contributed by atoms with Crippen molar-refractivity contribution in [3.05, 3.63) is 22.2 Å². The van der Waals surface area contributed by atoms with Crippen LogP contribution in [-0.2, 0) is 9.47 Å². The number of rotatable bonds is 14. The number of aliphatic hydroxyl groups is 3. The lowest BCUT2D eigenvalue weighted by molar-refractivity contribution is -0.0550. The molecule has 1 aromatic heterocycles. The topological polar surface area (TPSA) is 157 Å². The Kier molecular flexibility index (Phi) is 11.1. The summed E-state index contributed by atoms with van der Waals surface area (Å²) in [4.78, 5) is 28.2. The van der Waals surface area contributed by atoms with Crippen LogP contribution in [0.1, 0.15) is 87.7 Å². The van der Waals surface area contributed by atoms with Crippen molar-refractivity contribution in [2.45, 2.75) is 95.7 Å². The lowest BCUT2D eigenvalue weighted by atomic mass is 10.1. The van der Waals surface area contributed by atoms with Gasteiger partial charge in [0.05, 0.1) is 13.2 Å². The number of aromatic nitrogens is 2.